The van der Waals surface area contributed by atoms with Crippen LogP contribution in [0.2, 0.25) is 0 Å². The molecule has 0 bridgehead atoms. The van der Waals surface area contributed by atoms with Gasteiger partial charge in [0, 0.05) is 23.5 Å². The highest BCUT2D eigenvalue weighted by atomic mass is 16.6. The van der Waals surface area contributed by atoms with Gasteiger partial charge in [-0.05, 0) is 57.0 Å². The number of carbonyl (C=O) groups is 1. The number of aryl methyl sites for hydroxylation is 1. The topological polar surface area (TPSA) is 93.9 Å². The van der Waals surface area contributed by atoms with Crippen LogP contribution in [0.4, 0.5) is 0 Å². The number of benzene rings is 1. The average Bonchev–Trinajstić information content (AvgIpc) is 3.34. The number of nitriles is 1. The van der Waals surface area contributed by atoms with E-state index in [1.54, 1.807) is 13.0 Å². The minimum absolute atomic E-state index is 0.0820. The van der Waals surface area contributed by atoms with Gasteiger partial charge in [0.05, 0.1) is 0 Å². The van der Waals surface area contributed by atoms with Crippen molar-refractivity contribution in [3.63, 3.8) is 0 Å². The highest BCUT2D eigenvalue weighted by Gasteiger charge is 2.22. The van der Waals surface area contributed by atoms with Gasteiger partial charge >= 0.3 is 5.97 Å². The summed E-state index contributed by atoms with van der Waals surface area (Å²) in [6, 6.07) is 13.2. The van der Waals surface area contributed by atoms with E-state index in [0.29, 0.717) is 5.89 Å². The molecule has 7 heteroatoms. The Balaban J connectivity index is 1.76. The van der Waals surface area contributed by atoms with E-state index in [9.17, 15) is 10.1 Å². The lowest BCUT2D eigenvalue weighted by molar-refractivity contribution is -0.144. The number of nitrogens with zero attached hydrogens (tertiary/aromatic N) is 4. The number of carbonyl (C=O) groups excluding carboxylic acids is 1. The summed E-state index contributed by atoms with van der Waals surface area (Å²) in [5.41, 5.74) is 3.61. The van der Waals surface area contributed by atoms with Crippen molar-refractivity contribution in [1.82, 2.24) is 14.8 Å². The summed E-state index contributed by atoms with van der Waals surface area (Å²) >= 11 is 0. The summed E-state index contributed by atoms with van der Waals surface area (Å²) in [4.78, 5) is 12.6. The Hall–Kier alpha value is -3.66. The van der Waals surface area contributed by atoms with Gasteiger partial charge in [0.15, 0.2) is 6.10 Å². The molecule has 3 rings (SSSR count). The molecule has 3 aromatic rings. The normalized spacial score (nSPS) is 12.4. The second-order valence-electron chi connectivity index (χ2n) is 7.01. The number of rotatable bonds is 7. The maximum atomic E-state index is 12.6. The highest BCUT2D eigenvalue weighted by Crippen LogP contribution is 2.24. The molecule has 154 valence electrons. The lowest BCUT2D eigenvalue weighted by atomic mass is 10.1. The van der Waals surface area contributed by atoms with Crippen molar-refractivity contribution in [2.45, 2.75) is 46.8 Å². The molecule has 0 saturated carbocycles. The third-order valence-corrected chi connectivity index (χ3v) is 4.79. The van der Waals surface area contributed by atoms with Crippen molar-refractivity contribution < 1.29 is 13.9 Å². The van der Waals surface area contributed by atoms with Gasteiger partial charge in [0.2, 0.25) is 5.89 Å². The fourth-order valence-electron chi connectivity index (χ4n) is 3.20. The van der Waals surface area contributed by atoms with E-state index in [1.807, 2.05) is 56.3 Å². The predicted molar refractivity (Wildman–Crippen MR) is 112 cm³/mol. The fourth-order valence-corrected chi connectivity index (χ4v) is 3.20. The molecular formula is C23H24N4O3. The van der Waals surface area contributed by atoms with Crippen LogP contribution >= 0.6 is 0 Å². The fraction of sp³-hybridized carbons (Fsp3) is 0.304. The first-order chi connectivity index (χ1) is 14.4. The van der Waals surface area contributed by atoms with E-state index in [1.165, 1.54) is 0 Å². The first kappa shape index (κ1) is 21.1. The van der Waals surface area contributed by atoms with E-state index >= 15 is 0 Å². The van der Waals surface area contributed by atoms with Crippen molar-refractivity contribution >= 4 is 12.0 Å². The van der Waals surface area contributed by atoms with Gasteiger partial charge in [-0.15, -0.1) is 10.2 Å². The molecule has 2 aromatic heterocycles. The molecule has 0 radical (unpaired) electrons. The summed E-state index contributed by atoms with van der Waals surface area (Å²) < 4.78 is 13.2. The molecular weight excluding hydrogens is 380 g/mol. The zero-order valence-electron chi connectivity index (χ0n) is 17.5. The van der Waals surface area contributed by atoms with Crippen LogP contribution in [0.1, 0.15) is 49.2 Å². The van der Waals surface area contributed by atoms with E-state index in [0.717, 1.165) is 35.5 Å². The number of hydrogen-bond donors (Lipinski definition) is 0. The van der Waals surface area contributed by atoms with Crippen molar-refractivity contribution in [2.24, 2.45) is 0 Å². The third-order valence-electron chi connectivity index (χ3n) is 4.79. The Morgan fingerprint density at radius 2 is 2.03 bits per heavy atom. The van der Waals surface area contributed by atoms with Gasteiger partial charge in [0.1, 0.15) is 11.6 Å². The summed E-state index contributed by atoms with van der Waals surface area (Å²) in [5, 5.41) is 17.5. The van der Waals surface area contributed by atoms with Gasteiger partial charge in [-0.3, -0.25) is 0 Å². The Morgan fingerprint density at radius 1 is 1.30 bits per heavy atom. The van der Waals surface area contributed by atoms with Crippen LogP contribution in [-0.4, -0.2) is 20.7 Å². The van der Waals surface area contributed by atoms with Gasteiger partial charge in [-0.2, -0.15) is 5.26 Å². The lowest BCUT2D eigenvalue weighted by Gasteiger charge is -2.09. The Kier molecular flexibility index (Phi) is 6.48. The first-order valence-electron chi connectivity index (χ1n) is 9.82. The predicted octanol–water partition coefficient (Wildman–Crippen LogP) is 4.78. The SMILES string of the molecule is CCCn1c(C)cc(/C=C(\C#N)C(=O)O[C@@H](C)c2nnc(-c3ccccc3)o2)c1C. The van der Waals surface area contributed by atoms with E-state index in [-0.39, 0.29) is 11.5 Å². The molecule has 0 aliphatic heterocycles. The Morgan fingerprint density at radius 3 is 2.70 bits per heavy atom. The van der Waals surface area contributed by atoms with Gasteiger partial charge in [-0.25, -0.2) is 4.79 Å². The molecule has 30 heavy (non-hydrogen) atoms. The molecule has 0 aliphatic rings. The van der Waals surface area contributed by atoms with Crippen molar-refractivity contribution in [1.29, 1.82) is 5.26 Å². The number of aromatic nitrogens is 3. The number of hydrogen-bond acceptors (Lipinski definition) is 6. The van der Waals surface area contributed by atoms with Crippen LogP contribution in [0, 0.1) is 25.2 Å². The average molecular weight is 404 g/mol. The van der Waals surface area contributed by atoms with E-state index in [4.69, 9.17) is 9.15 Å². The van der Waals surface area contributed by atoms with Crippen LogP contribution in [0.15, 0.2) is 46.4 Å². The summed E-state index contributed by atoms with van der Waals surface area (Å²) in [6.07, 6.45) is 1.78. The minimum atomic E-state index is -0.785. The summed E-state index contributed by atoms with van der Waals surface area (Å²) in [5.74, 6) is -0.224. The molecule has 0 unspecified atom stereocenters. The Bertz CT molecular complexity index is 1100. The van der Waals surface area contributed by atoms with Crippen LogP contribution < -0.4 is 0 Å². The molecule has 0 amide bonds. The first-order valence-corrected chi connectivity index (χ1v) is 9.82. The van der Waals surface area contributed by atoms with Crippen molar-refractivity contribution in [3.05, 3.63) is 64.8 Å². The smallest absolute Gasteiger partial charge is 0.349 e. The molecule has 0 spiro atoms. The summed E-state index contributed by atoms with van der Waals surface area (Å²) in [7, 11) is 0. The van der Waals surface area contributed by atoms with E-state index < -0.39 is 12.1 Å². The second-order valence-corrected chi connectivity index (χ2v) is 7.01. The molecule has 0 aliphatic carbocycles. The molecule has 2 heterocycles. The van der Waals surface area contributed by atoms with Crippen molar-refractivity contribution in [3.8, 4) is 17.5 Å². The van der Waals surface area contributed by atoms with Gasteiger partial charge in [0.25, 0.3) is 5.89 Å². The molecule has 0 saturated heterocycles. The lowest BCUT2D eigenvalue weighted by Crippen LogP contribution is -2.11. The molecule has 1 atom stereocenters. The molecule has 7 nitrogen and oxygen atoms in total. The van der Waals surface area contributed by atoms with Crippen LogP contribution in [0.5, 0.6) is 0 Å². The van der Waals surface area contributed by atoms with E-state index in [2.05, 4.69) is 21.7 Å². The summed E-state index contributed by atoms with van der Waals surface area (Å²) in [6.45, 7) is 8.60. The maximum Gasteiger partial charge on any atom is 0.349 e. The maximum absolute atomic E-state index is 12.6. The second kappa shape index (κ2) is 9.23. The van der Waals surface area contributed by atoms with Crippen molar-refractivity contribution in [2.75, 3.05) is 0 Å². The largest absolute Gasteiger partial charge is 0.448 e. The zero-order valence-corrected chi connectivity index (χ0v) is 17.5. The monoisotopic (exact) mass is 404 g/mol. The third kappa shape index (κ3) is 4.49. The van der Waals surface area contributed by atoms with Crippen LogP contribution in [0.3, 0.4) is 0 Å². The highest BCUT2D eigenvalue weighted by molar-refractivity contribution is 5.98. The van der Waals surface area contributed by atoms with Gasteiger partial charge < -0.3 is 13.7 Å². The molecule has 0 N–H and O–H groups in total. The number of ether oxygens (including phenoxy) is 1. The molecule has 1 aromatic carbocycles. The minimum Gasteiger partial charge on any atom is -0.448 e. The van der Waals surface area contributed by atoms with Crippen LogP contribution in [-0.2, 0) is 16.1 Å². The number of esters is 1. The van der Waals surface area contributed by atoms with Crippen LogP contribution in [0.25, 0.3) is 17.5 Å². The van der Waals surface area contributed by atoms with Gasteiger partial charge in [-0.1, -0.05) is 25.1 Å². The standard InChI is InChI=1S/C23H24N4O3/c1-5-11-27-15(2)12-19(16(27)3)13-20(14-24)23(28)29-17(4)21-25-26-22(30-21)18-9-7-6-8-10-18/h6-10,12-13,17H,5,11H2,1-4H3/b20-13+/t17-/m0/s1. The zero-order chi connectivity index (χ0) is 21.7. The Labute approximate surface area is 175 Å². The molecule has 0 fully saturated rings. The quantitative estimate of drug-likeness (QED) is 0.320.